The van der Waals surface area contributed by atoms with Crippen LogP contribution < -0.4 is 10.7 Å². The van der Waals surface area contributed by atoms with Crippen LogP contribution in [0.15, 0.2) is 23.3 Å². The van der Waals surface area contributed by atoms with Gasteiger partial charge in [-0.25, -0.2) is 5.43 Å². The Hall–Kier alpha value is -1.88. The molecule has 5 nitrogen and oxygen atoms in total. The van der Waals surface area contributed by atoms with Crippen LogP contribution in [0.4, 0.5) is 5.69 Å². The summed E-state index contributed by atoms with van der Waals surface area (Å²) >= 11 is 5.79. The summed E-state index contributed by atoms with van der Waals surface area (Å²) in [6.45, 7) is 5.21. The summed E-state index contributed by atoms with van der Waals surface area (Å²) in [5.41, 5.74) is 4.11. The van der Waals surface area contributed by atoms with Gasteiger partial charge in [-0.1, -0.05) is 11.6 Å². The largest absolute Gasteiger partial charge is 0.329 e. The lowest BCUT2D eigenvalue weighted by atomic mass is 10.2. The van der Waals surface area contributed by atoms with Crippen LogP contribution in [0.5, 0.6) is 0 Å². The number of rotatable bonds is 2. The molecule has 0 aliphatic carbocycles. The first kappa shape index (κ1) is 14.2. The van der Waals surface area contributed by atoms with Crippen LogP contribution in [0.25, 0.3) is 0 Å². The van der Waals surface area contributed by atoms with E-state index in [0.29, 0.717) is 16.4 Å². The predicted molar refractivity (Wildman–Crippen MR) is 71.7 cm³/mol. The highest BCUT2D eigenvalue weighted by atomic mass is 35.5. The second-order valence-corrected chi connectivity index (χ2v) is 4.35. The number of aryl methyl sites for hydroxylation is 1. The number of amides is 2. The second kappa shape index (κ2) is 6.16. The van der Waals surface area contributed by atoms with E-state index in [2.05, 4.69) is 15.8 Å². The van der Waals surface area contributed by atoms with Gasteiger partial charge < -0.3 is 5.32 Å². The molecular formula is C12H14ClN3O2. The summed E-state index contributed by atoms with van der Waals surface area (Å²) in [6.07, 6.45) is 0. The maximum absolute atomic E-state index is 11.5. The Kier molecular flexibility index (Phi) is 4.85. The number of anilines is 1. The molecule has 0 bridgehead atoms. The van der Waals surface area contributed by atoms with Crippen LogP contribution in [0.2, 0.25) is 5.02 Å². The van der Waals surface area contributed by atoms with E-state index in [1.807, 2.05) is 0 Å². The van der Waals surface area contributed by atoms with Gasteiger partial charge in [0.2, 0.25) is 0 Å². The number of nitrogens with one attached hydrogen (secondary N) is 2. The fourth-order valence-corrected chi connectivity index (χ4v) is 1.39. The second-order valence-electron chi connectivity index (χ2n) is 3.91. The lowest BCUT2D eigenvalue weighted by Gasteiger charge is -2.07. The fraction of sp³-hybridized carbons (Fsp3) is 0.250. The summed E-state index contributed by atoms with van der Waals surface area (Å²) < 4.78 is 0. The SMILES string of the molecule is CC(C)=NNC(=O)C(=O)Nc1ccc(Cl)cc1C. The van der Waals surface area contributed by atoms with E-state index >= 15 is 0 Å². The van der Waals surface area contributed by atoms with Gasteiger partial charge in [-0.15, -0.1) is 0 Å². The number of hydrogen-bond acceptors (Lipinski definition) is 3. The topological polar surface area (TPSA) is 70.6 Å². The number of hydrogen-bond donors (Lipinski definition) is 2. The lowest BCUT2D eigenvalue weighted by molar-refractivity contribution is -0.136. The standard InChI is InChI=1S/C12H14ClN3O2/c1-7(2)15-16-12(18)11(17)14-10-5-4-9(13)6-8(10)3/h4-6H,1-3H3,(H,14,17)(H,16,18). The number of carbonyl (C=O) groups is 2. The molecule has 0 fully saturated rings. The van der Waals surface area contributed by atoms with Crippen molar-refractivity contribution >= 4 is 34.8 Å². The van der Waals surface area contributed by atoms with Crippen LogP contribution >= 0.6 is 11.6 Å². The molecule has 1 aromatic rings. The van der Waals surface area contributed by atoms with E-state index in [9.17, 15) is 9.59 Å². The van der Waals surface area contributed by atoms with Gasteiger partial charge in [-0.05, 0) is 44.5 Å². The van der Waals surface area contributed by atoms with Gasteiger partial charge in [0.1, 0.15) is 0 Å². The third-order valence-electron chi connectivity index (χ3n) is 2.02. The van der Waals surface area contributed by atoms with Crippen molar-refractivity contribution in [3.05, 3.63) is 28.8 Å². The van der Waals surface area contributed by atoms with E-state index in [4.69, 9.17) is 11.6 Å². The minimum Gasteiger partial charge on any atom is -0.317 e. The highest BCUT2D eigenvalue weighted by Gasteiger charge is 2.13. The summed E-state index contributed by atoms with van der Waals surface area (Å²) in [4.78, 5) is 22.9. The van der Waals surface area contributed by atoms with Gasteiger partial charge in [0.25, 0.3) is 0 Å². The van der Waals surface area contributed by atoms with E-state index in [1.165, 1.54) is 0 Å². The van der Waals surface area contributed by atoms with Crippen LogP contribution in [-0.2, 0) is 9.59 Å². The molecule has 0 aliphatic heterocycles. The maximum atomic E-state index is 11.5. The van der Waals surface area contributed by atoms with Gasteiger partial charge in [0.05, 0.1) is 0 Å². The maximum Gasteiger partial charge on any atom is 0.329 e. The van der Waals surface area contributed by atoms with Crippen LogP contribution in [-0.4, -0.2) is 17.5 Å². The predicted octanol–water partition coefficient (Wildman–Crippen LogP) is 2.10. The van der Waals surface area contributed by atoms with Crippen molar-refractivity contribution in [3.8, 4) is 0 Å². The molecule has 0 heterocycles. The first-order valence-electron chi connectivity index (χ1n) is 5.28. The molecule has 0 aromatic heterocycles. The van der Waals surface area contributed by atoms with Gasteiger partial charge >= 0.3 is 11.8 Å². The Morgan fingerprint density at radius 1 is 1.22 bits per heavy atom. The number of halogens is 1. The monoisotopic (exact) mass is 267 g/mol. The van der Waals surface area contributed by atoms with E-state index < -0.39 is 11.8 Å². The van der Waals surface area contributed by atoms with E-state index in [-0.39, 0.29) is 0 Å². The van der Waals surface area contributed by atoms with E-state index in [1.54, 1.807) is 39.0 Å². The molecule has 0 spiro atoms. The average molecular weight is 268 g/mol. The molecule has 1 aromatic carbocycles. The number of benzene rings is 1. The van der Waals surface area contributed by atoms with Crippen molar-refractivity contribution in [1.82, 2.24) is 5.43 Å². The average Bonchev–Trinajstić information content (AvgIpc) is 2.29. The van der Waals surface area contributed by atoms with Gasteiger partial charge in [-0.2, -0.15) is 5.10 Å². The zero-order valence-electron chi connectivity index (χ0n) is 10.4. The molecule has 0 aliphatic rings. The van der Waals surface area contributed by atoms with Crippen molar-refractivity contribution in [1.29, 1.82) is 0 Å². The lowest BCUT2D eigenvalue weighted by Crippen LogP contribution is -2.32. The zero-order valence-corrected chi connectivity index (χ0v) is 11.1. The molecule has 0 unspecified atom stereocenters. The normalized spacial score (nSPS) is 9.56. The van der Waals surface area contributed by atoms with E-state index in [0.717, 1.165) is 5.56 Å². The Balaban J connectivity index is 2.70. The highest BCUT2D eigenvalue weighted by Crippen LogP contribution is 2.19. The number of carbonyl (C=O) groups excluding carboxylic acids is 2. The van der Waals surface area contributed by atoms with Crippen molar-refractivity contribution in [2.24, 2.45) is 5.10 Å². The van der Waals surface area contributed by atoms with Crippen molar-refractivity contribution in [2.75, 3.05) is 5.32 Å². The molecule has 2 N–H and O–H groups in total. The first-order valence-corrected chi connectivity index (χ1v) is 5.66. The van der Waals surface area contributed by atoms with Gasteiger partial charge in [0.15, 0.2) is 0 Å². The number of nitrogens with zero attached hydrogens (tertiary/aromatic N) is 1. The molecule has 0 atom stereocenters. The minimum atomic E-state index is -0.814. The van der Waals surface area contributed by atoms with Gasteiger partial charge in [0, 0.05) is 16.4 Å². The summed E-state index contributed by atoms with van der Waals surface area (Å²) in [6, 6.07) is 4.97. The third kappa shape index (κ3) is 4.18. The zero-order chi connectivity index (χ0) is 13.7. The summed E-state index contributed by atoms with van der Waals surface area (Å²) in [5, 5.41) is 6.71. The number of hydrazone groups is 1. The van der Waals surface area contributed by atoms with Crippen LogP contribution in [0.1, 0.15) is 19.4 Å². The molecule has 6 heteroatoms. The van der Waals surface area contributed by atoms with Crippen LogP contribution in [0.3, 0.4) is 0 Å². The van der Waals surface area contributed by atoms with Crippen molar-refractivity contribution in [3.63, 3.8) is 0 Å². The quantitative estimate of drug-likeness (QED) is 0.489. The Morgan fingerprint density at radius 2 is 1.89 bits per heavy atom. The molecular weight excluding hydrogens is 254 g/mol. The van der Waals surface area contributed by atoms with Crippen molar-refractivity contribution < 1.29 is 9.59 Å². The molecule has 96 valence electrons. The molecule has 0 radical (unpaired) electrons. The van der Waals surface area contributed by atoms with Crippen molar-refractivity contribution in [2.45, 2.75) is 20.8 Å². The molecule has 0 saturated heterocycles. The smallest absolute Gasteiger partial charge is 0.317 e. The Bertz CT molecular complexity index is 508. The van der Waals surface area contributed by atoms with Crippen LogP contribution in [0, 0.1) is 6.92 Å². The Morgan fingerprint density at radius 3 is 2.44 bits per heavy atom. The summed E-state index contributed by atoms with van der Waals surface area (Å²) in [5.74, 6) is -1.59. The molecule has 2 amide bonds. The molecule has 0 saturated carbocycles. The first-order chi connectivity index (χ1) is 8.40. The minimum absolute atomic E-state index is 0.539. The van der Waals surface area contributed by atoms with Gasteiger partial charge in [-0.3, -0.25) is 9.59 Å². The fourth-order valence-electron chi connectivity index (χ4n) is 1.16. The highest BCUT2D eigenvalue weighted by molar-refractivity contribution is 6.39. The summed E-state index contributed by atoms with van der Waals surface area (Å²) in [7, 11) is 0. The third-order valence-corrected chi connectivity index (χ3v) is 2.26. The molecule has 18 heavy (non-hydrogen) atoms. The Labute approximate surface area is 110 Å². The molecule has 1 rings (SSSR count).